The molecule has 7 nitrogen and oxygen atoms in total. The lowest BCUT2D eigenvalue weighted by atomic mass is 10.0. The molecule has 0 amide bonds. The van der Waals surface area contributed by atoms with E-state index in [1.54, 1.807) is 0 Å². The minimum atomic E-state index is -4.53. The molecule has 0 spiro atoms. The quantitative estimate of drug-likeness (QED) is 0.178. The van der Waals surface area contributed by atoms with Crippen molar-refractivity contribution in [2.45, 2.75) is 142 Å². The van der Waals surface area contributed by atoms with E-state index in [2.05, 4.69) is 18.9 Å². The first kappa shape index (κ1) is 28.8. The lowest BCUT2D eigenvalue weighted by Gasteiger charge is -2.20. The molecule has 0 aliphatic carbocycles. The van der Waals surface area contributed by atoms with Gasteiger partial charge in [-0.3, -0.25) is 0 Å². The number of unbranched alkanes of at least 4 members (excludes halogenated alkanes) is 18. The van der Waals surface area contributed by atoms with Crippen LogP contribution in [-0.2, 0) is 32.8 Å². The molecule has 1 fully saturated rings. The van der Waals surface area contributed by atoms with E-state index in [0.717, 1.165) is 19.3 Å². The van der Waals surface area contributed by atoms with Gasteiger partial charge in [0.05, 0.1) is 0 Å². The van der Waals surface area contributed by atoms with Crippen LogP contribution in [0.1, 0.15) is 135 Å². The Labute approximate surface area is 191 Å². The van der Waals surface area contributed by atoms with Crippen LogP contribution in [0.2, 0.25) is 0 Å². The second kappa shape index (κ2) is 17.3. The molecule has 0 bridgehead atoms. The van der Waals surface area contributed by atoms with E-state index >= 15 is 0 Å². The van der Waals surface area contributed by atoms with Gasteiger partial charge >= 0.3 is 20.8 Å². The van der Waals surface area contributed by atoms with Crippen LogP contribution >= 0.6 is 0 Å². The Morgan fingerprint density at radius 1 is 0.484 bits per heavy atom. The Kier molecular flexibility index (Phi) is 16.1. The molecular formula is C22H44O7S2. The predicted molar refractivity (Wildman–Crippen MR) is 123 cm³/mol. The highest BCUT2D eigenvalue weighted by molar-refractivity contribution is 7.95. The van der Waals surface area contributed by atoms with E-state index in [1.165, 1.54) is 96.3 Å². The van der Waals surface area contributed by atoms with E-state index in [9.17, 15) is 16.8 Å². The lowest BCUT2D eigenvalue weighted by Crippen LogP contribution is -2.34. The Balaban J connectivity index is 1.80. The molecule has 0 aromatic heterocycles. The van der Waals surface area contributed by atoms with E-state index in [-0.39, 0.29) is 6.42 Å². The van der Waals surface area contributed by atoms with Gasteiger partial charge in [-0.2, -0.15) is 16.8 Å². The van der Waals surface area contributed by atoms with Gasteiger partial charge in [-0.05, 0) is 6.42 Å². The van der Waals surface area contributed by atoms with Crippen molar-refractivity contribution in [3.8, 4) is 0 Å². The monoisotopic (exact) mass is 484 g/mol. The molecule has 9 heteroatoms. The van der Waals surface area contributed by atoms with E-state index in [0.29, 0.717) is 6.42 Å². The average molecular weight is 485 g/mol. The highest BCUT2D eigenvalue weighted by Gasteiger charge is 2.37. The SMILES string of the molecule is CCCCCCCCCCCCCCCCCCCCCC1OS(=O)(=O)OS(=O)(=O)O1. The second-order valence-corrected chi connectivity index (χ2v) is 11.2. The van der Waals surface area contributed by atoms with Crippen molar-refractivity contribution in [1.29, 1.82) is 0 Å². The summed E-state index contributed by atoms with van der Waals surface area (Å²) < 4.78 is 57.4. The molecule has 31 heavy (non-hydrogen) atoms. The van der Waals surface area contributed by atoms with E-state index in [1.807, 2.05) is 0 Å². The van der Waals surface area contributed by atoms with Crippen molar-refractivity contribution in [2.75, 3.05) is 0 Å². The van der Waals surface area contributed by atoms with Crippen LogP contribution in [0.15, 0.2) is 0 Å². The third-order valence-electron chi connectivity index (χ3n) is 5.66. The zero-order valence-corrected chi connectivity index (χ0v) is 21.0. The Hall–Kier alpha value is -0.220. The second-order valence-electron chi connectivity index (χ2n) is 8.66. The fourth-order valence-electron chi connectivity index (χ4n) is 3.90. The third-order valence-corrected chi connectivity index (χ3v) is 7.89. The minimum absolute atomic E-state index is 0.209. The van der Waals surface area contributed by atoms with Gasteiger partial charge in [0.15, 0.2) is 6.29 Å². The highest BCUT2D eigenvalue weighted by Crippen LogP contribution is 2.22. The van der Waals surface area contributed by atoms with Crippen molar-refractivity contribution in [3.05, 3.63) is 0 Å². The summed E-state index contributed by atoms with van der Waals surface area (Å²) in [7, 11) is -9.05. The maximum atomic E-state index is 11.2. The molecule has 0 unspecified atom stereocenters. The van der Waals surface area contributed by atoms with Gasteiger partial charge in [-0.15, -0.1) is 3.63 Å². The molecule has 0 radical (unpaired) electrons. The summed E-state index contributed by atoms with van der Waals surface area (Å²) in [5.41, 5.74) is 0. The van der Waals surface area contributed by atoms with Crippen LogP contribution in [-0.4, -0.2) is 23.1 Å². The van der Waals surface area contributed by atoms with Gasteiger partial charge in [0.1, 0.15) is 0 Å². The van der Waals surface area contributed by atoms with Crippen LogP contribution in [0.25, 0.3) is 0 Å². The first-order valence-electron chi connectivity index (χ1n) is 12.4. The molecule has 0 aromatic carbocycles. The molecule has 1 heterocycles. The summed E-state index contributed by atoms with van der Waals surface area (Å²) >= 11 is 0. The number of rotatable bonds is 20. The Morgan fingerprint density at radius 3 is 1.10 bits per heavy atom. The summed E-state index contributed by atoms with van der Waals surface area (Å²) in [6.45, 7) is 2.26. The third kappa shape index (κ3) is 17.0. The molecule has 186 valence electrons. The molecule has 0 aromatic rings. The van der Waals surface area contributed by atoms with E-state index < -0.39 is 27.1 Å². The Bertz CT molecular complexity index is 598. The van der Waals surface area contributed by atoms with Gasteiger partial charge in [0, 0.05) is 6.42 Å². The van der Waals surface area contributed by atoms with Crippen molar-refractivity contribution < 1.29 is 28.8 Å². The summed E-state index contributed by atoms with van der Waals surface area (Å²) in [6.07, 6.45) is 23.0. The molecule has 1 aliphatic heterocycles. The number of hydrogen-bond acceptors (Lipinski definition) is 7. The van der Waals surface area contributed by atoms with Crippen molar-refractivity contribution in [3.63, 3.8) is 0 Å². The average Bonchev–Trinajstić information content (AvgIpc) is 2.67. The summed E-state index contributed by atoms with van der Waals surface area (Å²) in [5.74, 6) is 0. The molecule has 1 rings (SSSR count). The van der Waals surface area contributed by atoms with Crippen LogP contribution in [0.5, 0.6) is 0 Å². The summed E-state index contributed by atoms with van der Waals surface area (Å²) in [5, 5.41) is 0. The van der Waals surface area contributed by atoms with Gasteiger partial charge in [-0.1, -0.05) is 122 Å². The normalized spacial score (nSPS) is 18.4. The van der Waals surface area contributed by atoms with Gasteiger partial charge in [0.25, 0.3) is 0 Å². The maximum absolute atomic E-state index is 11.2. The minimum Gasteiger partial charge on any atom is -0.214 e. The Morgan fingerprint density at radius 2 is 0.774 bits per heavy atom. The fraction of sp³-hybridized carbons (Fsp3) is 1.00. The van der Waals surface area contributed by atoms with Crippen LogP contribution < -0.4 is 0 Å². The first-order chi connectivity index (χ1) is 14.8. The zero-order chi connectivity index (χ0) is 22.8. The largest absolute Gasteiger partial charge is 0.418 e. The van der Waals surface area contributed by atoms with Crippen molar-refractivity contribution >= 4 is 20.8 Å². The molecule has 0 N–H and O–H groups in total. The van der Waals surface area contributed by atoms with E-state index in [4.69, 9.17) is 0 Å². The van der Waals surface area contributed by atoms with Gasteiger partial charge in [-0.25, -0.2) is 8.37 Å². The summed E-state index contributed by atoms with van der Waals surface area (Å²) in [6, 6.07) is 0. The standard InChI is InChI=1S/C22H44O7S2/c1-2-3-4-5-6-7-8-9-10-11-12-13-14-15-16-17-18-19-20-21-22-27-30(23,24)29-31(25,26)28-22/h22H,2-21H2,1H3. The maximum Gasteiger partial charge on any atom is 0.418 e. The van der Waals surface area contributed by atoms with Crippen LogP contribution in [0.4, 0.5) is 0 Å². The topological polar surface area (TPSA) is 96.0 Å². The molecule has 0 atom stereocenters. The van der Waals surface area contributed by atoms with Gasteiger partial charge in [0.2, 0.25) is 0 Å². The van der Waals surface area contributed by atoms with Gasteiger partial charge < -0.3 is 0 Å². The summed E-state index contributed by atoms with van der Waals surface area (Å²) in [4.78, 5) is 0. The lowest BCUT2D eigenvalue weighted by molar-refractivity contribution is -0.0247. The molecular weight excluding hydrogens is 440 g/mol. The molecule has 1 aliphatic rings. The zero-order valence-electron chi connectivity index (χ0n) is 19.4. The first-order valence-corrected chi connectivity index (χ1v) is 15.1. The fourth-order valence-corrected chi connectivity index (χ4v) is 5.82. The smallest absolute Gasteiger partial charge is 0.214 e. The van der Waals surface area contributed by atoms with Crippen molar-refractivity contribution in [1.82, 2.24) is 0 Å². The predicted octanol–water partition coefficient (Wildman–Crippen LogP) is 6.69. The number of hydrogen-bond donors (Lipinski definition) is 0. The molecule has 0 saturated carbocycles. The highest BCUT2D eigenvalue weighted by atomic mass is 32.3. The van der Waals surface area contributed by atoms with Crippen molar-refractivity contribution in [2.24, 2.45) is 0 Å². The molecule has 1 saturated heterocycles. The van der Waals surface area contributed by atoms with Crippen LogP contribution in [0, 0.1) is 0 Å². The van der Waals surface area contributed by atoms with Crippen LogP contribution in [0.3, 0.4) is 0 Å².